The fourth-order valence-corrected chi connectivity index (χ4v) is 5.01. The SMILES string of the molecule is CN1c2cc(C#N)c(Br)cc2NC1c1nn(SF)c2c1CC1CC1C2. The number of hydrogen-bond acceptors (Lipinski definition) is 5. The minimum absolute atomic E-state index is 0.145. The van der Waals surface area contributed by atoms with E-state index in [1.54, 1.807) is 0 Å². The van der Waals surface area contributed by atoms with Gasteiger partial charge in [-0.25, -0.2) is 0 Å². The molecule has 25 heavy (non-hydrogen) atoms. The molecular weight excluding hydrogens is 405 g/mol. The number of halogens is 2. The number of fused-ring (bicyclic) bond motifs is 3. The summed E-state index contributed by atoms with van der Waals surface area (Å²) in [7, 11) is 1.98. The molecule has 5 nitrogen and oxygen atoms in total. The summed E-state index contributed by atoms with van der Waals surface area (Å²) < 4.78 is 15.6. The van der Waals surface area contributed by atoms with Crippen LogP contribution in [0.5, 0.6) is 0 Å². The van der Waals surface area contributed by atoms with Gasteiger partial charge < -0.3 is 10.2 Å². The van der Waals surface area contributed by atoms with Crippen molar-refractivity contribution in [2.75, 3.05) is 17.3 Å². The first-order chi connectivity index (χ1) is 12.1. The molecule has 128 valence electrons. The summed E-state index contributed by atoms with van der Waals surface area (Å²) >= 11 is 3.63. The molecule has 0 radical (unpaired) electrons. The zero-order chi connectivity index (χ0) is 17.3. The van der Waals surface area contributed by atoms with E-state index in [9.17, 15) is 9.15 Å². The van der Waals surface area contributed by atoms with Gasteiger partial charge in [-0.1, -0.05) is 0 Å². The quantitative estimate of drug-likeness (QED) is 0.790. The van der Waals surface area contributed by atoms with Crippen LogP contribution in [-0.2, 0) is 12.8 Å². The van der Waals surface area contributed by atoms with Crippen molar-refractivity contribution in [1.82, 2.24) is 9.19 Å². The Morgan fingerprint density at radius 1 is 1.40 bits per heavy atom. The number of nitriles is 1. The lowest BCUT2D eigenvalue weighted by Gasteiger charge is -2.22. The van der Waals surface area contributed by atoms with Gasteiger partial charge in [-0.05, 0) is 59.2 Å². The summed E-state index contributed by atoms with van der Waals surface area (Å²) in [5.41, 5.74) is 5.64. The molecule has 0 spiro atoms. The van der Waals surface area contributed by atoms with Crippen LogP contribution in [0.4, 0.5) is 15.3 Å². The molecule has 3 atom stereocenters. The van der Waals surface area contributed by atoms with Gasteiger partial charge in [0.25, 0.3) is 0 Å². The highest BCUT2D eigenvalue weighted by atomic mass is 79.9. The average molecular weight is 420 g/mol. The molecule has 1 N–H and O–H groups in total. The number of benzene rings is 1. The van der Waals surface area contributed by atoms with Crippen LogP contribution in [0.2, 0.25) is 0 Å². The van der Waals surface area contributed by atoms with Crippen molar-refractivity contribution < 1.29 is 3.89 Å². The highest BCUT2D eigenvalue weighted by molar-refractivity contribution is 9.10. The fraction of sp³-hybridized carbons (Fsp3) is 0.412. The fourth-order valence-electron chi connectivity index (χ4n) is 4.19. The lowest BCUT2D eigenvalue weighted by molar-refractivity contribution is 0.628. The van der Waals surface area contributed by atoms with Crippen LogP contribution in [-0.4, -0.2) is 16.2 Å². The standard InChI is InChI=1S/C17H15BrFN5S/c1-23-15-5-10(7-20)12(18)6-13(15)21-17(23)16-11-3-8-2-9(8)4-14(11)24(22-16)25-19/h5-6,8-9,17,21H,2-4H2,1H3. The van der Waals surface area contributed by atoms with Crippen molar-refractivity contribution in [3.8, 4) is 6.07 Å². The zero-order valence-electron chi connectivity index (χ0n) is 13.5. The third-order valence-corrected chi connectivity index (χ3v) is 6.76. The second-order valence-electron chi connectivity index (χ2n) is 7.04. The first-order valence-electron chi connectivity index (χ1n) is 8.23. The Balaban J connectivity index is 1.57. The Labute approximate surface area is 157 Å². The summed E-state index contributed by atoms with van der Waals surface area (Å²) in [4.78, 5) is 2.08. The Morgan fingerprint density at radius 2 is 2.20 bits per heavy atom. The van der Waals surface area contributed by atoms with E-state index in [2.05, 4.69) is 37.3 Å². The Hall–Kier alpha value is -1.72. The minimum atomic E-state index is -0.145. The van der Waals surface area contributed by atoms with Crippen molar-refractivity contribution >= 4 is 39.6 Å². The summed E-state index contributed by atoms with van der Waals surface area (Å²) in [5, 5.41) is 17.3. The van der Waals surface area contributed by atoms with Crippen LogP contribution in [0.3, 0.4) is 0 Å². The summed E-state index contributed by atoms with van der Waals surface area (Å²) in [6.07, 6.45) is 3.02. The molecule has 1 saturated carbocycles. The van der Waals surface area contributed by atoms with Gasteiger partial charge in [0.05, 0.1) is 22.6 Å². The van der Waals surface area contributed by atoms with Gasteiger partial charge in [0.15, 0.2) is 12.3 Å². The van der Waals surface area contributed by atoms with Crippen LogP contribution < -0.4 is 10.2 Å². The molecule has 3 unspecified atom stereocenters. The Morgan fingerprint density at radius 3 is 2.96 bits per heavy atom. The van der Waals surface area contributed by atoms with E-state index < -0.39 is 0 Å². The van der Waals surface area contributed by atoms with Crippen LogP contribution in [0.15, 0.2) is 16.6 Å². The van der Waals surface area contributed by atoms with E-state index in [-0.39, 0.29) is 18.5 Å². The first kappa shape index (κ1) is 15.5. The smallest absolute Gasteiger partial charge is 0.187 e. The van der Waals surface area contributed by atoms with Crippen LogP contribution in [0.25, 0.3) is 0 Å². The number of anilines is 2. The van der Waals surface area contributed by atoms with E-state index >= 15 is 0 Å². The van der Waals surface area contributed by atoms with Gasteiger partial charge in [0, 0.05) is 17.1 Å². The number of hydrogen-bond donors (Lipinski definition) is 1. The molecule has 1 aromatic carbocycles. The molecule has 0 bridgehead atoms. The van der Waals surface area contributed by atoms with Crippen molar-refractivity contribution in [2.45, 2.75) is 25.4 Å². The maximum absolute atomic E-state index is 13.4. The normalized spacial score (nSPS) is 25.7. The molecule has 3 aliphatic rings. The first-order valence-corrected chi connectivity index (χ1v) is 9.70. The number of nitrogens with one attached hydrogen (secondary N) is 1. The van der Waals surface area contributed by atoms with Crippen molar-refractivity contribution in [1.29, 1.82) is 5.26 Å². The van der Waals surface area contributed by atoms with E-state index in [1.807, 2.05) is 19.2 Å². The average Bonchev–Trinajstić information content (AvgIpc) is 3.19. The lowest BCUT2D eigenvalue weighted by Crippen LogP contribution is -2.25. The van der Waals surface area contributed by atoms with E-state index in [1.165, 1.54) is 16.1 Å². The van der Waals surface area contributed by atoms with Gasteiger partial charge in [-0.2, -0.15) is 14.4 Å². The maximum atomic E-state index is 13.4. The highest BCUT2D eigenvalue weighted by Crippen LogP contribution is 2.51. The number of aromatic nitrogens is 2. The van der Waals surface area contributed by atoms with Gasteiger partial charge in [0.1, 0.15) is 17.9 Å². The second kappa shape index (κ2) is 5.39. The summed E-state index contributed by atoms with van der Waals surface area (Å²) in [6, 6.07) is 6.00. The summed E-state index contributed by atoms with van der Waals surface area (Å²) in [5.74, 6) is 1.45. The predicted molar refractivity (Wildman–Crippen MR) is 99.0 cm³/mol. The van der Waals surface area contributed by atoms with E-state index in [0.717, 1.165) is 46.0 Å². The number of rotatable bonds is 2. The molecule has 1 aliphatic heterocycles. The monoisotopic (exact) mass is 419 g/mol. The van der Waals surface area contributed by atoms with E-state index in [4.69, 9.17) is 0 Å². The third kappa shape index (κ3) is 2.22. The molecule has 2 heterocycles. The van der Waals surface area contributed by atoms with Gasteiger partial charge in [-0.15, -0.1) is 3.89 Å². The van der Waals surface area contributed by atoms with Crippen molar-refractivity contribution in [2.24, 2.45) is 11.8 Å². The van der Waals surface area contributed by atoms with Crippen molar-refractivity contribution in [3.63, 3.8) is 0 Å². The largest absolute Gasteiger partial charge is 0.358 e. The molecule has 2 aliphatic carbocycles. The minimum Gasteiger partial charge on any atom is -0.358 e. The van der Waals surface area contributed by atoms with Gasteiger partial charge in [-0.3, -0.25) is 0 Å². The predicted octanol–water partition coefficient (Wildman–Crippen LogP) is 4.19. The Bertz CT molecular complexity index is 936. The lowest BCUT2D eigenvalue weighted by atomic mass is 9.95. The molecule has 0 saturated heterocycles. The second-order valence-corrected chi connectivity index (χ2v) is 8.37. The molecular formula is C17H15BrFN5S. The molecule has 8 heteroatoms. The summed E-state index contributed by atoms with van der Waals surface area (Å²) in [6.45, 7) is 0. The van der Waals surface area contributed by atoms with Crippen LogP contribution in [0, 0.1) is 23.2 Å². The maximum Gasteiger partial charge on any atom is 0.187 e. The van der Waals surface area contributed by atoms with E-state index in [0.29, 0.717) is 11.5 Å². The van der Waals surface area contributed by atoms with Crippen LogP contribution in [0.1, 0.15) is 35.1 Å². The number of nitrogens with zero attached hydrogens (tertiary/aromatic N) is 4. The van der Waals surface area contributed by atoms with Gasteiger partial charge >= 0.3 is 0 Å². The van der Waals surface area contributed by atoms with Gasteiger partial charge in [0.2, 0.25) is 0 Å². The van der Waals surface area contributed by atoms with Crippen LogP contribution >= 0.6 is 28.3 Å². The topological polar surface area (TPSA) is 56.9 Å². The zero-order valence-corrected chi connectivity index (χ0v) is 15.9. The molecule has 1 fully saturated rings. The van der Waals surface area contributed by atoms with Crippen molar-refractivity contribution in [3.05, 3.63) is 39.1 Å². The molecule has 2 aromatic rings. The third-order valence-electron chi connectivity index (χ3n) is 5.67. The molecule has 0 amide bonds. The molecule has 1 aromatic heterocycles. The molecule has 5 rings (SSSR count). The Kier molecular flexibility index (Phi) is 3.35. The highest BCUT2D eigenvalue weighted by Gasteiger charge is 2.45.